The largest absolute Gasteiger partial charge is 0.379 e. The van der Waals surface area contributed by atoms with E-state index in [0.717, 1.165) is 5.75 Å². The van der Waals surface area contributed by atoms with E-state index in [4.69, 9.17) is 5.73 Å². The van der Waals surface area contributed by atoms with Gasteiger partial charge < -0.3 is 5.73 Å². The molecule has 0 fully saturated rings. The van der Waals surface area contributed by atoms with Gasteiger partial charge in [-0.05, 0) is 0 Å². The summed E-state index contributed by atoms with van der Waals surface area (Å²) in [4.78, 5) is 20.3. The van der Waals surface area contributed by atoms with Crippen LogP contribution in [0.3, 0.4) is 0 Å². The van der Waals surface area contributed by atoms with Crippen molar-refractivity contribution in [3.63, 3.8) is 0 Å². The Kier molecular flexibility index (Phi) is 3.54. The fourth-order valence-corrected chi connectivity index (χ4v) is 2.08. The number of carbonyl (C=O) groups excluding carboxylic acids is 1. The molecule has 1 rings (SSSR count). The average Bonchev–Trinajstić information content (AvgIpc) is 2.51. The van der Waals surface area contributed by atoms with Crippen molar-refractivity contribution in [1.82, 2.24) is 0 Å². The van der Waals surface area contributed by atoms with Crippen molar-refractivity contribution in [3.05, 3.63) is 0 Å². The van der Waals surface area contributed by atoms with Gasteiger partial charge in [0.1, 0.15) is 11.8 Å². The summed E-state index contributed by atoms with van der Waals surface area (Å²) in [6.45, 7) is 5.65. The van der Waals surface area contributed by atoms with Gasteiger partial charge in [-0.1, -0.05) is 32.5 Å². The molecule has 2 N–H and O–H groups in total. The van der Waals surface area contributed by atoms with Crippen molar-refractivity contribution in [2.45, 2.75) is 26.8 Å². The summed E-state index contributed by atoms with van der Waals surface area (Å²) >= 11 is 1.47. The fraction of sp³-hybridized carbons (Fsp3) is 0.700. The van der Waals surface area contributed by atoms with Gasteiger partial charge in [0.05, 0.1) is 0 Å². The molecule has 4 nitrogen and oxygen atoms in total. The maximum Gasteiger partial charge on any atom is 0.184 e. The Morgan fingerprint density at radius 2 is 2.20 bits per heavy atom. The second-order valence-electron chi connectivity index (χ2n) is 4.48. The van der Waals surface area contributed by atoms with E-state index in [9.17, 15) is 4.79 Å². The van der Waals surface area contributed by atoms with Crippen LogP contribution in [0.15, 0.2) is 9.98 Å². The first-order valence-corrected chi connectivity index (χ1v) is 5.82. The highest BCUT2D eigenvalue weighted by Gasteiger charge is 2.32. The smallest absolute Gasteiger partial charge is 0.184 e. The van der Waals surface area contributed by atoms with E-state index >= 15 is 0 Å². The van der Waals surface area contributed by atoms with Crippen LogP contribution in [0.4, 0.5) is 0 Å². The number of hydrogen-bond donors (Lipinski definition) is 1. The summed E-state index contributed by atoms with van der Waals surface area (Å²) in [5.74, 6) is 0.773. The maximum atomic E-state index is 12.0. The topological polar surface area (TPSA) is 67.8 Å². The van der Waals surface area contributed by atoms with E-state index in [-0.39, 0.29) is 11.8 Å². The van der Waals surface area contributed by atoms with Crippen LogP contribution in [0.25, 0.3) is 0 Å². The molecule has 0 aromatic heterocycles. The van der Waals surface area contributed by atoms with Crippen LogP contribution >= 0.6 is 11.8 Å². The van der Waals surface area contributed by atoms with Crippen LogP contribution in [0.5, 0.6) is 0 Å². The van der Waals surface area contributed by atoms with E-state index in [1.807, 2.05) is 20.8 Å². The molecule has 84 valence electrons. The van der Waals surface area contributed by atoms with E-state index in [2.05, 4.69) is 9.98 Å². The molecule has 1 aliphatic rings. The van der Waals surface area contributed by atoms with Gasteiger partial charge >= 0.3 is 0 Å². The predicted molar refractivity (Wildman–Crippen MR) is 65.7 cm³/mol. The molecule has 0 saturated heterocycles. The summed E-state index contributed by atoms with van der Waals surface area (Å²) in [6.07, 6.45) is 0. The first-order valence-electron chi connectivity index (χ1n) is 4.84. The molecule has 0 saturated carbocycles. The Balaban J connectivity index is 2.88. The fourth-order valence-electron chi connectivity index (χ4n) is 1.32. The summed E-state index contributed by atoms with van der Waals surface area (Å²) < 4.78 is 0. The highest BCUT2D eigenvalue weighted by Crippen LogP contribution is 2.22. The second-order valence-corrected chi connectivity index (χ2v) is 5.52. The minimum absolute atomic E-state index is 0.0500. The molecule has 1 heterocycles. The zero-order valence-corrected chi connectivity index (χ0v) is 10.4. The van der Waals surface area contributed by atoms with Crippen LogP contribution in [0.2, 0.25) is 0 Å². The van der Waals surface area contributed by atoms with E-state index in [1.54, 1.807) is 7.05 Å². The lowest BCUT2D eigenvalue weighted by Gasteiger charge is -2.19. The molecule has 1 aliphatic heterocycles. The molecular formula is C10H17N3OS. The Hall–Kier alpha value is -0.840. The summed E-state index contributed by atoms with van der Waals surface area (Å²) in [5, 5.41) is 0.544. The number of hydrogen-bond acceptors (Lipinski definition) is 5. The number of thioether (sulfide) groups is 1. The second kappa shape index (κ2) is 4.35. The molecule has 0 aromatic rings. The highest BCUT2D eigenvalue weighted by atomic mass is 32.2. The molecule has 0 amide bonds. The van der Waals surface area contributed by atoms with Gasteiger partial charge in [-0.25, -0.2) is 0 Å². The lowest BCUT2D eigenvalue weighted by molar-refractivity contribution is -0.119. The molecule has 15 heavy (non-hydrogen) atoms. The van der Waals surface area contributed by atoms with E-state index in [1.165, 1.54) is 11.8 Å². The molecule has 1 unspecified atom stereocenters. The molecule has 5 heteroatoms. The third-order valence-corrected chi connectivity index (χ3v) is 3.03. The van der Waals surface area contributed by atoms with Gasteiger partial charge in [-0.15, -0.1) is 0 Å². The Labute approximate surface area is 94.4 Å². The lowest BCUT2D eigenvalue weighted by Crippen LogP contribution is -2.36. The molecule has 1 atom stereocenters. The summed E-state index contributed by atoms with van der Waals surface area (Å²) in [6, 6.07) is -0.160. The van der Waals surface area contributed by atoms with Crippen molar-refractivity contribution in [3.8, 4) is 0 Å². The highest BCUT2D eigenvalue weighted by molar-refractivity contribution is 8.14. The Bertz CT molecular complexity index is 328. The van der Waals surface area contributed by atoms with Gasteiger partial charge in [-0.3, -0.25) is 14.8 Å². The Morgan fingerprint density at radius 3 is 2.53 bits per heavy atom. The lowest BCUT2D eigenvalue weighted by atomic mass is 9.86. The monoisotopic (exact) mass is 227 g/mol. The predicted octanol–water partition coefficient (Wildman–Crippen LogP) is 1.10. The van der Waals surface area contributed by atoms with E-state index < -0.39 is 5.41 Å². The first kappa shape index (κ1) is 12.2. The SMILES string of the molecule is CN=C(C(=O)C(C)(C)C)C1CSC(N)=N1. The van der Waals surface area contributed by atoms with Crippen LogP contribution in [0, 0.1) is 5.41 Å². The molecule has 0 aromatic carbocycles. The van der Waals surface area contributed by atoms with Crippen molar-refractivity contribution < 1.29 is 4.79 Å². The zero-order valence-electron chi connectivity index (χ0n) is 9.57. The van der Waals surface area contributed by atoms with Crippen molar-refractivity contribution in [2.24, 2.45) is 21.1 Å². The van der Waals surface area contributed by atoms with Gasteiger partial charge in [0.25, 0.3) is 0 Å². The van der Waals surface area contributed by atoms with Gasteiger partial charge in [0.2, 0.25) is 0 Å². The molecule has 0 aliphatic carbocycles. The average molecular weight is 227 g/mol. The summed E-state index contributed by atoms with van der Waals surface area (Å²) in [5.41, 5.74) is 5.70. The van der Waals surface area contributed by atoms with Crippen LogP contribution in [-0.2, 0) is 4.79 Å². The number of rotatable bonds is 2. The van der Waals surface area contributed by atoms with Crippen LogP contribution in [-0.4, -0.2) is 35.5 Å². The third kappa shape index (κ3) is 2.81. The van der Waals surface area contributed by atoms with E-state index in [0.29, 0.717) is 10.9 Å². The minimum Gasteiger partial charge on any atom is -0.379 e. The standard InChI is InChI=1S/C10H17N3OS/c1-10(2,3)8(14)7(12-4)6-5-15-9(11)13-6/h6H,5H2,1-4H3,(H2,11,13). The summed E-state index contributed by atoms with van der Waals surface area (Å²) in [7, 11) is 1.63. The number of carbonyl (C=O) groups is 1. The van der Waals surface area contributed by atoms with Crippen LogP contribution < -0.4 is 5.73 Å². The molecular weight excluding hydrogens is 210 g/mol. The van der Waals surface area contributed by atoms with Gasteiger partial charge in [0.15, 0.2) is 11.0 Å². The van der Waals surface area contributed by atoms with Gasteiger partial charge in [-0.2, -0.15) is 0 Å². The van der Waals surface area contributed by atoms with Crippen molar-refractivity contribution in [1.29, 1.82) is 0 Å². The number of nitrogens with zero attached hydrogens (tertiary/aromatic N) is 2. The number of ketones is 1. The first-order chi connectivity index (χ1) is 6.86. The Morgan fingerprint density at radius 1 is 1.60 bits per heavy atom. The van der Waals surface area contributed by atoms with Crippen LogP contribution in [0.1, 0.15) is 20.8 Å². The molecule has 0 spiro atoms. The quantitative estimate of drug-likeness (QED) is 0.718. The number of Topliss-reactive ketones (excluding diaryl/α,β-unsaturated/α-hetero) is 1. The van der Waals surface area contributed by atoms with Crippen molar-refractivity contribution >= 4 is 28.4 Å². The zero-order chi connectivity index (χ0) is 11.6. The minimum atomic E-state index is -0.410. The number of nitrogens with two attached hydrogens (primary N) is 1. The molecule has 0 bridgehead atoms. The maximum absolute atomic E-state index is 12.0. The molecule has 0 radical (unpaired) electrons. The number of aliphatic imine (C=N–C) groups is 2. The van der Waals surface area contributed by atoms with Crippen molar-refractivity contribution in [2.75, 3.05) is 12.8 Å². The number of amidine groups is 1. The normalized spacial score (nSPS) is 22.8. The van der Waals surface area contributed by atoms with Gasteiger partial charge in [0, 0.05) is 18.2 Å². The third-order valence-electron chi connectivity index (χ3n) is 2.14.